The number of H-pyrrole nitrogens is 1. The first kappa shape index (κ1) is 10.9. The molecule has 88 valence electrons. The van der Waals surface area contributed by atoms with E-state index in [-0.39, 0.29) is 5.91 Å². The number of ether oxygens (including phenoxy) is 1. The molecule has 0 aromatic carbocycles. The van der Waals surface area contributed by atoms with Crippen LogP contribution in [0.15, 0.2) is 6.07 Å². The number of nitrogens with two attached hydrogens (primary N) is 1. The minimum atomic E-state index is -0.179. The van der Waals surface area contributed by atoms with E-state index in [2.05, 4.69) is 15.5 Å². The predicted molar refractivity (Wildman–Crippen MR) is 58.9 cm³/mol. The summed E-state index contributed by atoms with van der Waals surface area (Å²) in [6.07, 6.45) is 3.37. The summed E-state index contributed by atoms with van der Waals surface area (Å²) in [6, 6.07) is 1.52. The van der Waals surface area contributed by atoms with Gasteiger partial charge in [-0.3, -0.25) is 9.89 Å². The Morgan fingerprint density at radius 3 is 3.25 bits per heavy atom. The van der Waals surface area contributed by atoms with Gasteiger partial charge < -0.3 is 15.8 Å². The van der Waals surface area contributed by atoms with E-state index < -0.39 is 0 Å². The first-order valence-electron chi connectivity index (χ1n) is 5.46. The van der Waals surface area contributed by atoms with Gasteiger partial charge in [0.25, 0.3) is 5.91 Å². The number of hydrogen-bond acceptors (Lipinski definition) is 4. The van der Waals surface area contributed by atoms with Gasteiger partial charge in [-0.1, -0.05) is 0 Å². The summed E-state index contributed by atoms with van der Waals surface area (Å²) in [6.45, 7) is 1.46. The summed E-state index contributed by atoms with van der Waals surface area (Å²) >= 11 is 0. The van der Waals surface area contributed by atoms with Crippen LogP contribution in [-0.4, -0.2) is 35.4 Å². The van der Waals surface area contributed by atoms with Gasteiger partial charge in [0, 0.05) is 19.2 Å². The van der Waals surface area contributed by atoms with Gasteiger partial charge in [0.1, 0.15) is 11.5 Å². The molecule has 0 aliphatic carbocycles. The fourth-order valence-corrected chi connectivity index (χ4v) is 1.77. The molecular weight excluding hydrogens is 208 g/mol. The smallest absolute Gasteiger partial charge is 0.269 e. The Morgan fingerprint density at radius 2 is 2.62 bits per heavy atom. The predicted octanol–water partition coefficient (Wildman–Crippen LogP) is 0.291. The SMILES string of the molecule is Nc1cc(C(=O)NCC[C@H]2CCCO2)[nH]n1. The number of carbonyl (C=O) groups excluding carboxylic acids is 1. The second-order valence-corrected chi connectivity index (χ2v) is 3.89. The van der Waals surface area contributed by atoms with Gasteiger partial charge >= 0.3 is 0 Å². The third kappa shape index (κ3) is 2.73. The molecule has 1 fully saturated rings. The van der Waals surface area contributed by atoms with Gasteiger partial charge in [-0.05, 0) is 19.3 Å². The van der Waals surface area contributed by atoms with Crippen molar-refractivity contribution >= 4 is 11.7 Å². The van der Waals surface area contributed by atoms with Crippen LogP contribution in [-0.2, 0) is 4.74 Å². The van der Waals surface area contributed by atoms with Crippen molar-refractivity contribution in [2.75, 3.05) is 18.9 Å². The Morgan fingerprint density at radius 1 is 1.75 bits per heavy atom. The lowest BCUT2D eigenvalue weighted by atomic mass is 10.2. The second kappa shape index (κ2) is 4.98. The summed E-state index contributed by atoms with van der Waals surface area (Å²) in [5, 5.41) is 9.05. The van der Waals surface area contributed by atoms with E-state index in [9.17, 15) is 4.79 Å². The lowest BCUT2D eigenvalue weighted by Crippen LogP contribution is -2.27. The summed E-state index contributed by atoms with van der Waals surface area (Å²) in [4.78, 5) is 11.6. The first-order chi connectivity index (χ1) is 7.75. The van der Waals surface area contributed by atoms with Gasteiger partial charge in [-0.15, -0.1) is 0 Å². The van der Waals surface area contributed by atoms with E-state index in [0.717, 1.165) is 25.9 Å². The van der Waals surface area contributed by atoms with Gasteiger partial charge in [-0.25, -0.2) is 0 Å². The number of aromatic amines is 1. The average Bonchev–Trinajstić information content (AvgIpc) is 2.89. The number of amides is 1. The van der Waals surface area contributed by atoms with Crippen LogP contribution in [0.5, 0.6) is 0 Å². The molecule has 1 amide bonds. The third-order valence-electron chi connectivity index (χ3n) is 2.62. The zero-order valence-electron chi connectivity index (χ0n) is 9.03. The fraction of sp³-hybridized carbons (Fsp3) is 0.600. The summed E-state index contributed by atoms with van der Waals surface area (Å²) < 4.78 is 5.45. The van der Waals surface area contributed by atoms with Crippen molar-refractivity contribution in [1.29, 1.82) is 0 Å². The maximum absolute atomic E-state index is 11.6. The summed E-state index contributed by atoms with van der Waals surface area (Å²) in [5.41, 5.74) is 5.80. The van der Waals surface area contributed by atoms with Gasteiger partial charge in [0.2, 0.25) is 0 Å². The molecule has 1 aliphatic heterocycles. The molecule has 6 heteroatoms. The molecule has 0 bridgehead atoms. The molecule has 0 unspecified atom stereocenters. The molecule has 1 aliphatic rings. The van der Waals surface area contributed by atoms with Crippen LogP contribution in [0.2, 0.25) is 0 Å². The van der Waals surface area contributed by atoms with E-state index in [4.69, 9.17) is 10.5 Å². The lowest BCUT2D eigenvalue weighted by Gasteiger charge is -2.09. The Labute approximate surface area is 93.5 Å². The number of hydrogen-bond donors (Lipinski definition) is 3. The highest BCUT2D eigenvalue weighted by Gasteiger charge is 2.15. The van der Waals surface area contributed by atoms with Crippen molar-refractivity contribution in [1.82, 2.24) is 15.5 Å². The maximum atomic E-state index is 11.6. The van der Waals surface area contributed by atoms with Gasteiger partial charge in [0.15, 0.2) is 0 Å². The molecule has 1 aromatic rings. The molecule has 0 spiro atoms. The minimum Gasteiger partial charge on any atom is -0.382 e. The molecule has 2 rings (SSSR count). The first-order valence-corrected chi connectivity index (χ1v) is 5.46. The zero-order chi connectivity index (χ0) is 11.4. The van der Waals surface area contributed by atoms with Crippen molar-refractivity contribution in [3.63, 3.8) is 0 Å². The van der Waals surface area contributed by atoms with Gasteiger partial charge in [0.05, 0.1) is 6.10 Å². The van der Waals surface area contributed by atoms with Crippen molar-refractivity contribution in [3.8, 4) is 0 Å². The topological polar surface area (TPSA) is 93.0 Å². The number of anilines is 1. The van der Waals surface area contributed by atoms with Crippen LogP contribution in [0, 0.1) is 0 Å². The number of nitrogens with zero attached hydrogens (tertiary/aromatic N) is 1. The highest BCUT2D eigenvalue weighted by atomic mass is 16.5. The summed E-state index contributed by atoms with van der Waals surface area (Å²) in [5.74, 6) is 0.145. The molecule has 4 N–H and O–H groups in total. The molecule has 0 saturated carbocycles. The molecule has 1 aromatic heterocycles. The van der Waals surface area contributed by atoms with Crippen molar-refractivity contribution in [2.24, 2.45) is 0 Å². The number of aromatic nitrogens is 2. The van der Waals surface area contributed by atoms with Crippen LogP contribution in [0.25, 0.3) is 0 Å². The van der Waals surface area contributed by atoms with Crippen molar-refractivity contribution < 1.29 is 9.53 Å². The Bertz CT molecular complexity index is 357. The number of carbonyl (C=O) groups is 1. The second-order valence-electron chi connectivity index (χ2n) is 3.89. The van der Waals surface area contributed by atoms with Crippen LogP contribution in [0.3, 0.4) is 0 Å². The lowest BCUT2D eigenvalue weighted by molar-refractivity contribution is 0.0903. The normalized spacial score (nSPS) is 19.9. The molecule has 1 atom stereocenters. The Balaban J connectivity index is 1.71. The van der Waals surface area contributed by atoms with E-state index in [1.165, 1.54) is 6.07 Å². The van der Waals surface area contributed by atoms with E-state index in [0.29, 0.717) is 24.2 Å². The average molecular weight is 224 g/mol. The molecule has 0 radical (unpaired) electrons. The fourth-order valence-electron chi connectivity index (χ4n) is 1.77. The number of rotatable bonds is 4. The highest BCUT2D eigenvalue weighted by Crippen LogP contribution is 2.14. The standard InChI is InChI=1S/C10H16N4O2/c11-9-6-8(13-14-9)10(15)12-4-3-7-2-1-5-16-7/h6-7H,1-5H2,(H,12,15)(H3,11,13,14)/t7-/m1/s1. The largest absolute Gasteiger partial charge is 0.382 e. The molecule has 2 heterocycles. The van der Waals surface area contributed by atoms with Crippen LogP contribution in [0.4, 0.5) is 5.82 Å². The monoisotopic (exact) mass is 224 g/mol. The maximum Gasteiger partial charge on any atom is 0.269 e. The summed E-state index contributed by atoms with van der Waals surface area (Å²) in [7, 11) is 0. The van der Waals surface area contributed by atoms with E-state index >= 15 is 0 Å². The molecule has 1 saturated heterocycles. The Hall–Kier alpha value is -1.56. The van der Waals surface area contributed by atoms with Gasteiger partial charge in [-0.2, -0.15) is 5.10 Å². The minimum absolute atomic E-state index is 0.179. The van der Waals surface area contributed by atoms with E-state index in [1.807, 2.05) is 0 Å². The zero-order valence-corrected chi connectivity index (χ0v) is 9.03. The quantitative estimate of drug-likeness (QED) is 0.685. The van der Waals surface area contributed by atoms with Crippen molar-refractivity contribution in [2.45, 2.75) is 25.4 Å². The third-order valence-corrected chi connectivity index (χ3v) is 2.62. The van der Waals surface area contributed by atoms with Crippen LogP contribution >= 0.6 is 0 Å². The molecule has 6 nitrogen and oxygen atoms in total. The number of nitrogen functional groups attached to an aromatic ring is 1. The van der Waals surface area contributed by atoms with Crippen molar-refractivity contribution in [3.05, 3.63) is 11.8 Å². The molecular formula is C10H16N4O2. The number of nitrogens with one attached hydrogen (secondary N) is 2. The molecule has 16 heavy (non-hydrogen) atoms. The van der Waals surface area contributed by atoms with Crippen LogP contribution < -0.4 is 11.1 Å². The Kier molecular flexibility index (Phi) is 3.40. The highest BCUT2D eigenvalue weighted by molar-refractivity contribution is 5.92. The van der Waals surface area contributed by atoms with E-state index in [1.54, 1.807) is 0 Å². The van der Waals surface area contributed by atoms with Crippen LogP contribution in [0.1, 0.15) is 29.8 Å².